The molecule has 1 N–H and O–H groups in total. The van der Waals surface area contributed by atoms with Crippen molar-refractivity contribution in [2.24, 2.45) is 5.92 Å². The molecule has 1 unspecified atom stereocenters. The fourth-order valence-corrected chi connectivity index (χ4v) is 3.15. The predicted molar refractivity (Wildman–Crippen MR) is 84.8 cm³/mol. The maximum absolute atomic E-state index is 13.4. The molecule has 0 radical (unpaired) electrons. The Labute approximate surface area is 127 Å². The highest BCUT2D eigenvalue weighted by Gasteiger charge is 2.33. The summed E-state index contributed by atoms with van der Waals surface area (Å²) >= 11 is 0. The second-order valence-electron chi connectivity index (χ2n) is 6.62. The normalized spacial score (nSPS) is 20.0. The lowest BCUT2D eigenvalue weighted by atomic mass is 10.0. The number of halogens is 1. The molecule has 0 heterocycles. The number of benzene rings is 1. The lowest BCUT2D eigenvalue weighted by molar-refractivity contribution is 0.237. The van der Waals surface area contributed by atoms with Gasteiger partial charge in [0.25, 0.3) is 0 Å². The molecular formula is C18H27FN2. The van der Waals surface area contributed by atoms with Gasteiger partial charge >= 0.3 is 0 Å². The smallest absolute Gasteiger partial charge is 0.123 e. The van der Waals surface area contributed by atoms with Gasteiger partial charge in [-0.2, -0.15) is 0 Å². The van der Waals surface area contributed by atoms with Crippen molar-refractivity contribution in [2.45, 2.75) is 51.1 Å². The van der Waals surface area contributed by atoms with Gasteiger partial charge in [-0.05, 0) is 62.3 Å². The second-order valence-corrected chi connectivity index (χ2v) is 6.62. The van der Waals surface area contributed by atoms with Gasteiger partial charge in [-0.3, -0.25) is 0 Å². The van der Waals surface area contributed by atoms with Gasteiger partial charge in [0.05, 0.1) is 0 Å². The van der Waals surface area contributed by atoms with Crippen LogP contribution in [0.25, 0.3) is 0 Å². The molecule has 0 amide bonds. The highest BCUT2D eigenvalue weighted by atomic mass is 19.1. The van der Waals surface area contributed by atoms with Crippen molar-refractivity contribution in [3.05, 3.63) is 35.6 Å². The van der Waals surface area contributed by atoms with E-state index >= 15 is 0 Å². The average Bonchev–Trinajstić information content (AvgIpc) is 3.35. The molecule has 2 nitrogen and oxygen atoms in total. The van der Waals surface area contributed by atoms with Crippen molar-refractivity contribution in [3.63, 3.8) is 0 Å². The van der Waals surface area contributed by atoms with Gasteiger partial charge in [-0.1, -0.05) is 19.1 Å². The quantitative estimate of drug-likeness (QED) is 0.745. The molecule has 21 heavy (non-hydrogen) atoms. The Balaban J connectivity index is 1.58. The maximum atomic E-state index is 13.4. The number of hydrogen-bond donors (Lipinski definition) is 1. The SMILES string of the molecule is CCNC(CCN(CC1CC1)C1CC1)c1cccc(F)c1. The van der Waals surface area contributed by atoms with Gasteiger partial charge in [0.2, 0.25) is 0 Å². The molecule has 0 spiro atoms. The van der Waals surface area contributed by atoms with Crippen molar-refractivity contribution in [3.8, 4) is 0 Å². The molecule has 3 heteroatoms. The third-order valence-corrected chi connectivity index (χ3v) is 4.66. The fourth-order valence-electron chi connectivity index (χ4n) is 3.15. The lowest BCUT2D eigenvalue weighted by Crippen LogP contribution is -2.32. The van der Waals surface area contributed by atoms with E-state index in [-0.39, 0.29) is 11.9 Å². The molecule has 0 bridgehead atoms. The predicted octanol–water partition coefficient (Wildman–Crippen LogP) is 3.74. The summed E-state index contributed by atoms with van der Waals surface area (Å²) in [6.45, 7) is 5.46. The molecule has 2 saturated carbocycles. The minimum absolute atomic E-state index is 0.132. The van der Waals surface area contributed by atoms with Crippen LogP contribution in [-0.2, 0) is 0 Å². The summed E-state index contributed by atoms with van der Waals surface area (Å²) in [5.41, 5.74) is 1.08. The molecule has 2 aliphatic rings. The summed E-state index contributed by atoms with van der Waals surface area (Å²) in [7, 11) is 0. The minimum Gasteiger partial charge on any atom is -0.310 e. The standard InChI is InChI=1S/C18H27FN2/c1-2-20-18(15-4-3-5-16(19)12-15)10-11-21(17-8-9-17)13-14-6-7-14/h3-5,12,14,17-18,20H,2,6-11,13H2,1H3. The summed E-state index contributed by atoms with van der Waals surface area (Å²) in [4.78, 5) is 2.68. The van der Waals surface area contributed by atoms with E-state index in [0.29, 0.717) is 0 Å². The first-order valence-electron chi connectivity index (χ1n) is 8.49. The van der Waals surface area contributed by atoms with Crippen LogP contribution >= 0.6 is 0 Å². The monoisotopic (exact) mass is 290 g/mol. The molecule has 1 aromatic rings. The van der Waals surface area contributed by atoms with Crippen molar-refractivity contribution < 1.29 is 4.39 Å². The Morgan fingerprint density at radius 1 is 1.29 bits per heavy atom. The molecule has 2 fully saturated rings. The topological polar surface area (TPSA) is 15.3 Å². The molecule has 1 atom stereocenters. The maximum Gasteiger partial charge on any atom is 0.123 e. The van der Waals surface area contributed by atoms with Gasteiger partial charge in [0, 0.05) is 25.2 Å². The first kappa shape index (κ1) is 15.0. The summed E-state index contributed by atoms with van der Waals surface area (Å²) < 4.78 is 13.4. The van der Waals surface area contributed by atoms with Gasteiger partial charge in [0.15, 0.2) is 0 Å². The second kappa shape index (κ2) is 6.89. The molecule has 0 saturated heterocycles. The van der Waals surface area contributed by atoms with E-state index in [9.17, 15) is 4.39 Å². The van der Waals surface area contributed by atoms with Crippen molar-refractivity contribution in [1.29, 1.82) is 0 Å². The first-order chi connectivity index (χ1) is 10.3. The van der Waals surface area contributed by atoms with Gasteiger partial charge in [-0.25, -0.2) is 4.39 Å². The van der Waals surface area contributed by atoms with Crippen molar-refractivity contribution in [2.75, 3.05) is 19.6 Å². The van der Waals surface area contributed by atoms with E-state index in [1.165, 1.54) is 38.3 Å². The Hall–Kier alpha value is -0.930. The van der Waals surface area contributed by atoms with Crippen LogP contribution in [-0.4, -0.2) is 30.6 Å². The largest absolute Gasteiger partial charge is 0.310 e. The Morgan fingerprint density at radius 3 is 2.71 bits per heavy atom. The summed E-state index contributed by atoms with van der Waals surface area (Å²) in [5, 5.41) is 3.52. The summed E-state index contributed by atoms with van der Waals surface area (Å²) in [6, 6.07) is 8.16. The zero-order valence-corrected chi connectivity index (χ0v) is 13.0. The van der Waals surface area contributed by atoms with Crippen LogP contribution in [0.1, 0.15) is 50.6 Å². The van der Waals surface area contributed by atoms with E-state index in [2.05, 4.69) is 17.1 Å². The molecule has 116 valence electrons. The third-order valence-electron chi connectivity index (χ3n) is 4.66. The van der Waals surface area contributed by atoms with Crippen LogP contribution in [0.15, 0.2) is 24.3 Å². The van der Waals surface area contributed by atoms with Crippen LogP contribution in [0.4, 0.5) is 4.39 Å². The molecule has 2 aliphatic carbocycles. The summed E-state index contributed by atoms with van der Waals surface area (Å²) in [6.07, 6.45) is 6.66. The van der Waals surface area contributed by atoms with Crippen LogP contribution < -0.4 is 5.32 Å². The molecule has 3 rings (SSSR count). The minimum atomic E-state index is -0.132. The van der Waals surface area contributed by atoms with Crippen molar-refractivity contribution in [1.82, 2.24) is 10.2 Å². The first-order valence-corrected chi connectivity index (χ1v) is 8.49. The Bertz CT molecular complexity index is 454. The van der Waals surface area contributed by atoms with Gasteiger partial charge < -0.3 is 10.2 Å². The molecule has 0 aromatic heterocycles. The van der Waals surface area contributed by atoms with E-state index in [4.69, 9.17) is 0 Å². The van der Waals surface area contributed by atoms with E-state index in [0.717, 1.165) is 37.0 Å². The highest BCUT2D eigenvalue weighted by Crippen LogP contribution is 2.35. The van der Waals surface area contributed by atoms with E-state index in [1.54, 1.807) is 6.07 Å². The van der Waals surface area contributed by atoms with Crippen LogP contribution in [0.3, 0.4) is 0 Å². The lowest BCUT2D eigenvalue weighted by Gasteiger charge is -2.26. The number of hydrogen-bond acceptors (Lipinski definition) is 2. The van der Waals surface area contributed by atoms with Crippen molar-refractivity contribution >= 4 is 0 Å². The molecule has 1 aromatic carbocycles. The number of nitrogens with one attached hydrogen (secondary N) is 1. The van der Waals surface area contributed by atoms with E-state index < -0.39 is 0 Å². The van der Waals surface area contributed by atoms with Crippen LogP contribution in [0.5, 0.6) is 0 Å². The van der Waals surface area contributed by atoms with Crippen LogP contribution in [0, 0.1) is 11.7 Å². The third kappa shape index (κ3) is 4.52. The van der Waals surface area contributed by atoms with E-state index in [1.807, 2.05) is 12.1 Å². The zero-order chi connectivity index (χ0) is 14.7. The van der Waals surface area contributed by atoms with Gasteiger partial charge in [0.1, 0.15) is 5.82 Å². The average molecular weight is 290 g/mol. The Kier molecular flexibility index (Phi) is 4.91. The summed E-state index contributed by atoms with van der Waals surface area (Å²) in [5.74, 6) is 0.824. The molecular weight excluding hydrogens is 263 g/mol. The highest BCUT2D eigenvalue weighted by molar-refractivity contribution is 5.20. The number of rotatable bonds is 9. The Morgan fingerprint density at radius 2 is 2.10 bits per heavy atom. The molecule has 0 aliphatic heterocycles. The zero-order valence-electron chi connectivity index (χ0n) is 13.0. The number of nitrogens with zero attached hydrogens (tertiary/aromatic N) is 1. The fraction of sp³-hybridized carbons (Fsp3) is 0.667. The van der Waals surface area contributed by atoms with Gasteiger partial charge in [-0.15, -0.1) is 0 Å². The van der Waals surface area contributed by atoms with Crippen LogP contribution in [0.2, 0.25) is 0 Å².